The lowest BCUT2D eigenvalue weighted by Crippen LogP contribution is -2.38. The number of carbonyl (C=O) groups excluding carboxylic acids is 1. The van der Waals surface area contributed by atoms with Crippen LogP contribution in [0.1, 0.15) is 35.2 Å². The molecule has 2 aromatic rings. The van der Waals surface area contributed by atoms with E-state index >= 15 is 0 Å². The van der Waals surface area contributed by atoms with Crippen LogP contribution in [0.15, 0.2) is 36.7 Å². The van der Waals surface area contributed by atoms with Gasteiger partial charge in [-0.3, -0.25) is 4.79 Å². The molecule has 0 atom stereocenters. The maximum Gasteiger partial charge on any atom is 0.257 e. The number of nitrogens with zero attached hydrogens (tertiary/aromatic N) is 3. The van der Waals surface area contributed by atoms with Gasteiger partial charge in [0.25, 0.3) is 5.91 Å². The van der Waals surface area contributed by atoms with E-state index in [4.69, 9.17) is 0 Å². The summed E-state index contributed by atoms with van der Waals surface area (Å²) < 4.78 is 1.79. The Bertz CT molecular complexity index is 692. The van der Waals surface area contributed by atoms with E-state index in [1.807, 2.05) is 36.3 Å². The molecule has 2 heterocycles. The highest BCUT2D eigenvalue weighted by Crippen LogP contribution is 2.22. The second-order valence-corrected chi connectivity index (χ2v) is 6.59. The second-order valence-electron chi connectivity index (χ2n) is 6.59. The van der Waals surface area contributed by atoms with E-state index in [0.717, 1.165) is 49.6 Å². The van der Waals surface area contributed by atoms with Crippen molar-refractivity contribution in [2.24, 2.45) is 5.92 Å². The Morgan fingerprint density at radius 2 is 2.00 bits per heavy atom. The highest BCUT2D eigenvalue weighted by molar-refractivity contribution is 5.93. The van der Waals surface area contributed by atoms with Gasteiger partial charge in [0.15, 0.2) is 0 Å². The molecule has 1 N–H and O–H groups in total. The highest BCUT2D eigenvalue weighted by atomic mass is 35.5. The first-order valence-electron chi connectivity index (χ1n) is 8.73. The summed E-state index contributed by atoms with van der Waals surface area (Å²) in [4.78, 5) is 14.7. The first-order valence-corrected chi connectivity index (χ1v) is 8.73. The SMILES string of the molecule is CNCCC1CCN(C(=O)c2cnn(-c3ccccc3C)c2)CC1.Cl. The van der Waals surface area contributed by atoms with E-state index in [9.17, 15) is 4.79 Å². The van der Waals surface area contributed by atoms with E-state index in [0.29, 0.717) is 5.56 Å². The predicted octanol–water partition coefficient (Wildman–Crippen LogP) is 3.06. The van der Waals surface area contributed by atoms with Gasteiger partial charge < -0.3 is 10.2 Å². The number of piperidine rings is 1. The molecule has 1 aliphatic heterocycles. The number of likely N-dealkylation sites (tertiary alicyclic amines) is 1. The standard InChI is InChI=1S/C19H26N4O.ClH/c1-15-5-3-4-6-18(15)23-14-17(13-21-23)19(24)22-11-8-16(9-12-22)7-10-20-2;/h3-6,13-14,16,20H,7-12H2,1-2H3;1H. The van der Waals surface area contributed by atoms with Crippen LogP contribution in [0.3, 0.4) is 0 Å². The number of hydrogen-bond donors (Lipinski definition) is 1. The van der Waals surface area contributed by atoms with Crippen molar-refractivity contribution >= 4 is 18.3 Å². The summed E-state index contributed by atoms with van der Waals surface area (Å²) in [6.07, 6.45) is 6.92. The van der Waals surface area contributed by atoms with Crippen LogP contribution in [-0.4, -0.2) is 47.3 Å². The molecule has 25 heavy (non-hydrogen) atoms. The maximum absolute atomic E-state index is 12.7. The lowest BCUT2D eigenvalue weighted by atomic mass is 9.93. The van der Waals surface area contributed by atoms with Gasteiger partial charge >= 0.3 is 0 Å². The zero-order valence-corrected chi connectivity index (χ0v) is 15.8. The van der Waals surface area contributed by atoms with Crippen molar-refractivity contribution in [1.82, 2.24) is 20.0 Å². The lowest BCUT2D eigenvalue weighted by molar-refractivity contribution is 0.0687. The van der Waals surface area contributed by atoms with Gasteiger partial charge in [-0.15, -0.1) is 12.4 Å². The summed E-state index contributed by atoms with van der Waals surface area (Å²) in [6.45, 7) is 4.81. The molecule has 1 amide bonds. The molecule has 0 bridgehead atoms. The quantitative estimate of drug-likeness (QED) is 0.889. The number of hydrogen-bond acceptors (Lipinski definition) is 3. The Hall–Kier alpha value is -1.85. The van der Waals surface area contributed by atoms with Crippen molar-refractivity contribution < 1.29 is 4.79 Å². The molecule has 6 heteroatoms. The van der Waals surface area contributed by atoms with Crippen LogP contribution in [0.2, 0.25) is 0 Å². The van der Waals surface area contributed by atoms with Gasteiger partial charge in [0, 0.05) is 19.3 Å². The van der Waals surface area contributed by atoms with Gasteiger partial charge in [0.1, 0.15) is 0 Å². The van der Waals surface area contributed by atoms with Crippen molar-refractivity contribution in [3.05, 3.63) is 47.8 Å². The summed E-state index contributed by atoms with van der Waals surface area (Å²) >= 11 is 0. The van der Waals surface area contributed by atoms with Crippen LogP contribution in [0.5, 0.6) is 0 Å². The van der Waals surface area contributed by atoms with Crippen molar-refractivity contribution in [1.29, 1.82) is 0 Å². The molecule has 0 spiro atoms. The van der Waals surface area contributed by atoms with Crippen molar-refractivity contribution in [3.8, 4) is 5.69 Å². The van der Waals surface area contributed by atoms with E-state index in [1.165, 1.54) is 6.42 Å². The Morgan fingerprint density at radius 1 is 1.28 bits per heavy atom. The van der Waals surface area contributed by atoms with E-state index in [-0.39, 0.29) is 18.3 Å². The van der Waals surface area contributed by atoms with Crippen molar-refractivity contribution in [2.45, 2.75) is 26.2 Å². The first-order chi connectivity index (χ1) is 11.7. The minimum Gasteiger partial charge on any atom is -0.339 e. The lowest BCUT2D eigenvalue weighted by Gasteiger charge is -2.31. The molecule has 1 saturated heterocycles. The summed E-state index contributed by atoms with van der Waals surface area (Å²) in [5.74, 6) is 0.832. The van der Waals surface area contributed by atoms with Crippen LogP contribution in [0.25, 0.3) is 5.69 Å². The Morgan fingerprint density at radius 3 is 2.68 bits per heavy atom. The number of aromatic nitrogens is 2. The summed E-state index contributed by atoms with van der Waals surface area (Å²) in [6, 6.07) is 8.06. The molecule has 0 aliphatic carbocycles. The average Bonchev–Trinajstić information content (AvgIpc) is 3.10. The molecule has 1 aromatic carbocycles. The minimum atomic E-state index is 0. The van der Waals surface area contributed by atoms with E-state index in [2.05, 4.69) is 23.4 Å². The van der Waals surface area contributed by atoms with Crippen LogP contribution in [0.4, 0.5) is 0 Å². The number of rotatable bonds is 5. The third kappa shape index (κ3) is 4.61. The number of para-hydroxylation sites is 1. The number of amides is 1. The summed E-state index contributed by atoms with van der Waals surface area (Å²) in [5, 5.41) is 7.59. The fraction of sp³-hybridized carbons (Fsp3) is 0.474. The van der Waals surface area contributed by atoms with Gasteiger partial charge in [-0.25, -0.2) is 4.68 Å². The third-order valence-electron chi connectivity index (χ3n) is 4.90. The molecule has 5 nitrogen and oxygen atoms in total. The fourth-order valence-corrected chi connectivity index (χ4v) is 3.34. The number of nitrogens with one attached hydrogen (secondary N) is 1. The fourth-order valence-electron chi connectivity index (χ4n) is 3.34. The number of aryl methyl sites for hydroxylation is 1. The summed E-state index contributed by atoms with van der Waals surface area (Å²) in [7, 11) is 1.99. The average molecular weight is 363 g/mol. The van der Waals surface area contributed by atoms with E-state index in [1.54, 1.807) is 10.9 Å². The van der Waals surface area contributed by atoms with Gasteiger partial charge in [0.2, 0.25) is 0 Å². The second kappa shape index (κ2) is 9.02. The van der Waals surface area contributed by atoms with Gasteiger partial charge in [-0.05, 0) is 57.3 Å². The molecule has 0 unspecified atom stereocenters. The monoisotopic (exact) mass is 362 g/mol. The molecule has 1 aromatic heterocycles. The largest absolute Gasteiger partial charge is 0.339 e. The number of carbonyl (C=O) groups is 1. The van der Waals surface area contributed by atoms with Gasteiger partial charge in [-0.1, -0.05) is 18.2 Å². The molecule has 1 fully saturated rings. The van der Waals surface area contributed by atoms with Crippen LogP contribution < -0.4 is 5.32 Å². The molecule has 3 rings (SSSR count). The van der Waals surface area contributed by atoms with E-state index < -0.39 is 0 Å². The topological polar surface area (TPSA) is 50.2 Å². The smallest absolute Gasteiger partial charge is 0.257 e. The number of benzene rings is 1. The highest BCUT2D eigenvalue weighted by Gasteiger charge is 2.24. The zero-order valence-electron chi connectivity index (χ0n) is 14.9. The molecular formula is C19H27ClN4O. The normalized spacial score (nSPS) is 15.0. The molecule has 1 aliphatic rings. The van der Waals surface area contributed by atoms with Crippen molar-refractivity contribution in [2.75, 3.05) is 26.7 Å². The molecular weight excluding hydrogens is 336 g/mol. The summed E-state index contributed by atoms with van der Waals surface area (Å²) in [5.41, 5.74) is 2.83. The minimum absolute atomic E-state index is 0. The maximum atomic E-state index is 12.7. The molecule has 0 saturated carbocycles. The van der Waals surface area contributed by atoms with Gasteiger partial charge in [-0.2, -0.15) is 5.10 Å². The molecule has 136 valence electrons. The Kier molecular flexibility index (Phi) is 7.02. The number of halogens is 1. The third-order valence-corrected chi connectivity index (χ3v) is 4.90. The zero-order chi connectivity index (χ0) is 16.9. The first kappa shape index (κ1) is 19.5. The Labute approximate surface area is 155 Å². The van der Waals surface area contributed by atoms with Crippen LogP contribution >= 0.6 is 12.4 Å². The van der Waals surface area contributed by atoms with Crippen LogP contribution in [0, 0.1) is 12.8 Å². The van der Waals surface area contributed by atoms with Crippen molar-refractivity contribution in [3.63, 3.8) is 0 Å². The molecule has 0 radical (unpaired) electrons. The predicted molar refractivity (Wildman–Crippen MR) is 103 cm³/mol. The van der Waals surface area contributed by atoms with Gasteiger partial charge in [0.05, 0.1) is 17.4 Å². The van der Waals surface area contributed by atoms with Crippen LogP contribution in [-0.2, 0) is 0 Å². The Balaban J connectivity index is 0.00000225.